The molecule has 4 amide bonds. The number of hydrogen-bond acceptors (Lipinski definition) is 6. The third-order valence-electron chi connectivity index (χ3n) is 10.4. The van der Waals surface area contributed by atoms with E-state index in [0.29, 0.717) is 48.3 Å². The summed E-state index contributed by atoms with van der Waals surface area (Å²) in [5.41, 5.74) is 0. The van der Waals surface area contributed by atoms with Crippen LogP contribution < -0.4 is 0 Å². The molecule has 4 fully saturated rings. The number of carbonyl (C=O) groups excluding carboxylic acids is 4. The molecule has 0 unspecified atom stereocenters. The van der Waals surface area contributed by atoms with E-state index in [4.69, 9.17) is 0 Å². The number of allylic oxidation sites excluding steroid dienone is 8. The van der Waals surface area contributed by atoms with Gasteiger partial charge in [-0.3, -0.25) is 29.0 Å². The fraction of sp³-hybridized carbons (Fsp3) is 0.571. The van der Waals surface area contributed by atoms with Crippen molar-refractivity contribution in [2.45, 2.75) is 0 Å². The Balaban J connectivity index is 0.839. The second-order valence-electron chi connectivity index (χ2n) is 11.6. The summed E-state index contributed by atoms with van der Waals surface area (Å²) in [6.45, 7) is 0.863. The van der Waals surface area contributed by atoms with E-state index in [-0.39, 0.29) is 71.0 Å². The third-order valence-corrected chi connectivity index (χ3v) is 12.8. The summed E-state index contributed by atoms with van der Waals surface area (Å²) in [6, 6.07) is 0. The second kappa shape index (κ2) is 7.73. The molecular weight excluding hydrogens is 492 g/mol. The molecule has 2 saturated carbocycles. The van der Waals surface area contributed by atoms with E-state index in [2.05, 4.69) is 48.6 Å². The van der Waals surface area contributed by atoms with Crippen molar-refractivity contribution in [1.82, 2.24) is 9.80 Å². The number of rotatable bonds is 7. The van der Waals surface area contributed by atoms with Crippen LogP contribution in [0.1, 0.15) is 0 Å². The standard InChI is InChI=1S/C28H28N2O4S2/c31-25-21-17-5-6-18(14-2-1-13(14)17)22(21)26(32)29(25)9-11-35-36-12-10-30-27(33)23-19-7-8-20(24(23)28(30)34)16-4-3-15(16)19/h1-8,13-24H,9-12H2/t13-,14+,15-,16+,17-,18+,19-,20+,21-,22+,23-,24+. The highest BCUT2D eigenvalue weighted by Gasteiger charge is 2.63. The first kappa shape index (κ1) is 22.0. The fourth-order valence-electron chi connectivity index (χ4n) is 8.72. The minimum absolute atomic E-state index is 0.0104. The van der Waals surface area contributed by atoms with Crippen LogP contribution in [-0.2, 0) is 19.2 Å². The molecule has 0 spiro atoms. The summed E-state index contributed by atoms with van der Waals surface area (Å²) in [7, 11) is 3.23. The van der Waals surface area contributed by atoms with Crippen LogP contribution in [0.25, 0.3) is 0 Å². The lowest BCUT2D eigenvalue weighted by Gasteiger charge is -2.51. The summed E-state index contributed by atoms with van der Waals surface area (Å²) in [5.74, 6) is 3.07. The maximum Gasteiger partial charge on any atom is 0.233 e. The second-order valence-corrected chi connectivity index (χ2v) is 14.3. The molecule has 0 N–H and O–H groups in total. The van der Waals surface area contributed by atoms with Crippen LogP contribution in [0.15, 0.2) is 48.6 Å². The van der Waals surface area contributed by atoms with Crippen molar-refractivity contribution in [3.05, 3.63) is 48.6 Å². The van der Waals surface area contributed by atoms with Crippen molar-refractivity contribution >= 4 is 45.2 Å². The van der Waals surface area contributed by atoms with Gasteiger partial charge in [0, 0.05) is 24.6 Å². The van der Waals surface area contributed by atoms with Gasteiger partial charge in [-0.25, -0.2) is 0 Å². The van der Waals surface area contributed by atoms with Gasteiger partial charge in [0.1, 0.15) is 0 Å². The highest BCUT2D eigenvalue weighted by molar-refractivity contribution is 8.76. The molecule has 10 aliphatic rings. The van der Waals surface area contributed by atoms with Crippen molar-refractivity contribution in [3.63, 3.8) is 0 Å². The Morgan fingerprint density at radius 3 is 0.944 bits per heavy atom. The van der Waals surface area contributed by atoms with Gasteiger partial charge in [0.2, 0.25) is 23.6 Å². The number of likely N-dealkylation sites (tertiary alicyclic amines) is 2. The number of hydrogen-bond donors (Lipinski definition) is 0. The smallest absolute Gasteiger partial charge is 0.233 e. The van der Waals surface area contributed by atoms with Gasteiger partial charge in [0.25, 0.3) is 0 Å². The molecule has 4 bridgehead atoms. The molecule has 10 rings (SSSR count). The zero-order valence-electron chi connectivity index (χ0n) is 19.7. The van der Waals surface area contributed by atoms with Crippen LogP contribution in [0, 0.1) is 71.0 Å². The number of imide groups is 2. The third kappa shape index (κ3) is 2.67. The molecular formula is C28H28N2O4S2. The lowest BCUT2D eigenvalue weighted by atomic mass is 9.50. The molecule has 186 valence electrons. The molecule has 0 aromatic heterocycles. The first-order valence-corrected chi connectivity index (χ1v) is 15.7. The van der Waals surface area contributed by atoms with Crippen LogP contribution in [0.4, 0.5) is 0 Å². The Kier molecular flexibility index (Phi) is 4.72. The Morgan fingerprint density at radius 2 is 0.694 bits per heavy atom. The van der Waals surface area contributed by atoms with E-state index < -0.39 is 0 Å². The average molecular weight is 521 g/mol. The maximum absolute atomic E-state index is 13.2. The first-order valence-electron chi connectivity index (χ1n) is 13.2. The lowest BCUT2D eigenvalue weighted by Crippen LogP contribution is -2.50. The van der Waals surface area contributed by atoms with E-state index in [9.17, 15) is 19.2 Å². The number of nitrogens with zero attached hydrogens (tertiary/aromatic N) is 2. The molecule has 6 nitrogen and oxygen atoms in total. The predicted molar refractivity (Wildman–Crippen MR) is 137 cm³/mol. The average Bonchev–Trinajstić information content (AvgIpc) is 3.23. The minimum Gasteiger partial charge on any atom is -0.281 e. The zero-order chi connectivity index (χ0) is 24.3. The largest absolute Gasteiger partial charge is 0.281 e. The highest BCUT2D eigenvalue weighted by atomic mass is 33.1. The van der Waals surface area contributed by atoms with E-state index in [1.54, 1.807) is 21.6 Å². The van der Waals surface area contributed by atoms with Crippen LogP contribution in [0.2, 0.25) is 0 Å². The monoisotopic (exact) mass is 520 g/mol. The van der Waals surface area contributed by atoms with Gasteiger partial charge >= 0.3 is 0 Å². The Bertz CT molecular complexity index is 1040. The quantitative estimate of drug-likeness (QED) is 0.223. The van der Waals surface area contributed by atoms with Crippen molar-refractivity contribution < 1.29 is 19.2 Å². The Labute approximate surface area is 218 Å². The molecule has 8 aliphatic carbocycles. The topological polar surface area (TPSA) is 74.8 Å². The van der Waals surface area contributed by atoms with E-state index in [1.165, 1.54) is 9.80 Å². The summed E-state index contributed by atoms with van der Waals surface area (Å²) in [4.78, 5) is 55.6. The number of amides is 4. The Hall–Kier alpha value is -2.06. The summed E-state index contributed by atoms with van der Waals surface area (Å²) >= 11 is 0. The summed E-state index contributed by atoms with van der Waals surface area (Å²) in [6.07, 6.45) is 17.5. The van der Waals surface area contributed by atoms with Gasteiger partial charge < -0.3 is 0 Å². The molecule has 12 atom stereocenters. The predicted octanol–water partition coefficient (Wildman–Crippen LogP) is 2.81. The summed E-state index contributed by atoms with van der Waals surface area (Å²) < 4.78 is 0. The van der Waals surface area contributed by atoms with Gasteiger partial charge in [0.05, 0.1) is 23.7 Å². The van der Waals surface area contributed by atoms with Crippen molar-refractivity contribution in [2.75, 3.05) is 24.6 Å². The van der Waals surface area contributed by atoms with E-state index in [1.807, 2.05) is 0 Å². The van der Waals surface area contributed by atoms with Crippen molar-refractivity contribution in [1.29, 1.82) is 0 Å². The Morgan fingerprint density at radius 1 is 0.444 bits per heavy atom. The van der Waals surface area contributed by atoms with Crippen LogP contribution >= 0.6 is 21.6 Å². The van der Waals surface area contributed by atoms with Gasteiger partial charge in [-0.2, -0.15) is 0 Å². The van der Waals surface area contributed by atoms with Crippen molar-refractivity contribution in [3.8, 4) is 0 Å². The van der Waals surface area contributed by atoms with Crippen LogP contribution in [0.3, 0.4) is 0 Å². The molecule has 0 aromatic carbocycles. The lowest BCUT2D eigenvalue weighted by molar-refractivity contribution is -0.141. The molecule has 8 heteroatoms. The minimum atomic E-state index is -0.178. The van der Waals surface area contributed by atoms with Gasteiger partial charge in [0.15, 0.2) is 0 Å². The van der Waals surface area contributed by atoms with E-state index >= 15 is 0 Å². The molecule has 2 saturated heterocycles. The number of carbonyl (C=O) groups is 4. The molecule has 0 radical (unpaired) electrons. The molecule has 0 aromatic rings. The van der Waals surface area contributed by atoms with Crippen molar-refractivity contribution in [2.24, 2.45) is 71.0 Å². The van der Waals surface area contributed by atoms with Gasteiger partial charge in [-0.15, -0.1) is 0 Å². The first-order chi connectivity index (χ1) is 17.6. The normalized spacial score (nSPS) is 47.8. The maximum atomic E-state index is 13.2. The van der Waals surface area contributed by atoms with E-state index in [0.717, 1.165) is 0 Å². The fourth-order valence-corrected chi connectivity index (χ4v) is 10.6. The van der Waals surface area contributed by atoms with Crippen LogP contribution in [0.5, 0.6) is 0 Å². The SMILES string of the molecule is O=C1[C@@H]2[C@@H]3C=C[C@@H]([C@H]4C=C[C@H]43)[C@@H]2C(=O)N1CCSSCCN1C(=O)[C@@H]2[C@@H]3C=C[C@@H]([C@H]4C=C[C@H]43)[C@@H]2C1=O. The highest BCUT2D eigenvalue weighted by Crippen LogP contribution is 2.60. The summed E-state index contributed by atoms with van der Waals surface area (Å²) in [5, 5.41) is 0. The molecule has 36 heavy (non-hydrogen) atoms. The zero-order valence-corrected chi connectivity index (χ0v) is 21.4. The molecule has 2 heterocycles. The van der Waals surface area contributed by atoms with Gasteiger partial charge in [-0.1, -0.05) is 70.2 Å². The molecule has 2 aliphatic heterocycles. The van der Waals surface area contributed by atoms with Gasteiger partial charge in [-0.05, 0) is 47.3 Å². The van der Waals surface area contributed by atoms with Crippen LogP contribution in [-0.4, -0.2) is 58.0 Å².